The molecular weight excluding hydrogens is 382 g/mol. The van der Waals surface area contributed by atoms with Crippen LogP contribution in [0.15, 0.2) is 24.3 Å². The second kappa shape index (κ2) is 23.3. The van der Waals surface area contributed by atoms with E-state index in [2.05, 4.69) is 19.2 Å². The molecule has 8 heteroatoms. The molecule has 2 N–H and O–H groups in total. The van der Waals surface area contributed by atoms with Gasteiger partial charge in [0.1, 0.15) is 5.75 Å². The van der Waals surface area contributed by atoms with E-state index in [4.69, 9.17) is 9.29 Å². The van der Waals surface area contributed by atoms with Crippen molar-refractivity contribution in [3.63, 3.8) is 0 Å². The van der Waals surface area contributed by atoms with E-state index in [1.54, 1.807) is 31.3 Å². The van der Waals surface area contributed by atoms with Crippen LogP contribution in [0.5, 0.6) is 5.75 Å². The van der Waals surface area contributed by atoms with Crippen LogP contribution in [0.4, 0.5) is 0 Å². The molecule has 1 aromatic carbocycles. The standard InChI is InChI=1S/C10H10O3.C3H9NO3S.C3H8.2C2H6/c1-7(11)9-5-3-4-6-10(9)13-8(2)12;1-4-2-3-8(5,6)7;1-3-2;2*1-2/h3-6H,1-2H3;4H,2-3H2,1H3,(H,5,6,7);3H2,1-2H3;2*1-2H3. The Kier molecular flexibility index (Phi) is 28.1. The highest BCUT2D eigenvalue weighted by Crippen LogP contribution is 2.18. The molecule has 0 aromatic heterocycles. The van der Waals surface area contributed by atoms with E-state index in [9.17, 15) is 18.0 Å². The lowest BCUT2D eigenvalue weighted by atomic mass is 10.1. The average molecular weight is 422 g/mol. The van der Waals surface area contributed by atoms with Crippen LogP contribution in [0.3, 0.4) is 0 Å². The minimum atomic E-state index is -3.75. The Hall–Kier alpha value is -1.77. The lowest BCUT2D eigenvalue weighted by Crippen LogP contribution is -2.18. The monoisotopic (exact) mass is 421 g/mol. The van der Waals surface area contributed by atoms with Crippen LogP contribution < -0.4 is 10.1 Å². The van der Waals surface area contributed by atoms with Crippen molar-refractivity contribution in [2.45, 2.75) is 61.8 Å². The maximum atomic E-state index is 11.1. The molecule has 0 amide bonds. The second-order valence-electron chi connectivity index (χ2n) is 4.74. The number of para-hydroxylation sites is 1. The van der Waals surface area contributed by atoms with Crippen LogP contribution in [0.25, 0.3) is 0 Å². The molecule has 0 aliphatic rings. The van der Waals surface area contributed by atoms with Crippen LogP contribution in [0, 0.1) is 0 Å². The first-order valence-electron chi connectivity index (χ1n) is 9.47. The molecule has 0 aliphatic heterocycles. The van der Waals surface area contributed by atoms with Gasteiger partial charge in [0.25, 0.3) is 10.1 Å². The van der Waals surface area contributed by atoms with Gasteiger partial charge in [-0.15, -0.1) is 0 Å². The van der Waals surface area contributed by atoms with Crippen molar-refractivity contribution >= 4 is 21.9 Å². The van der Waals surface area contributed by atoms with Crippen molar-refractivity contribution in [2.75, 3.05) is 19.3 Å². The molecule has 0 saturated carbocycles. The van der Waals surface area contributed by atoms with Crippen molar-refractivity contribution in [3.8, 4) is 5.75 Å². The maximum Gasteiger partial charge on any atom is 0.308 e. The molecule has 28 heavy (non-hydrogen) atoms. The minimum absolute atomic E-state index is 0.114. The van der Waals surface area contributed by atoms with Crippen LogP contribution in [0.2, 0.25) is 0 Å². The predicted octanol–water partition coefficient (Wildman–Crippen LogP) is 4.38. The topological polar surface area (TPSA) is 110 Å². The number of hydrogen-bond donors (Lipinski definition) is 2. The molecule has 0 saturated heterocycles. The fourth-order valence-corrected chi connectivity index (χ4v) is 1.69. The number of benzene rings is 1. The Morgan fingerprint density at radius 3 is 1.75 bits per heavy atom. The van der Waals surface area contributed by atoms with Gasteiger partial charge in [-0.3, -0.25) is 14.1 Å². The van der Waals surface area contributed by atoms with Gasteiger partial charge in [0.15, 0.2) is 5.78 Å². The van der Waals surface area contributed by atoms with Gasteiger partial charge < -0.3 is 10.1 Å². The summed E-state index contributed by atoms with van der Waals surface area (Å²) < 4.78 is 32.7. The number of ether oxygens (including phenoxy) is 1. The highest BCUT2D eigenvalue weighted by molar-refractivity contribution is 7.85. The van der Waals surface area contributed by atoms with E-state index in [0.717, 1.165) is 0 Å². The molecule has 166 valence electrons. The third-order valence-corrected chi connectivity index (χ3v) is 2.85. The van der Waals surface area contributed by atoms with E-state index in [1.807, 2.05) is 27.7 Å². The van der Waals surface area contributed by atoms with Crippen molar-refractivity contribution < 1.29 is 27.3 Å². The summed E-state index contributed by atoms with van der Waals surface area (Å²) in [6, 6.07) is 6.66. The molecule has 1 rings (SSSR count). The normalized spacial score (nSPS) is 8.79. The Morgan fingerprint density at radius 2 is 1.46 bits per heavy atom. The van der Waals surface area contributed by atoms with Crippen molar-refractivity contribution in [3.05, 3.63) is 29.8 Å². The predicted molar refractivity (Wildman–Crippen MR) is 117 cm³/mol. The van der Waals surface area contributed by atoms with Gasteiger partial charge in [-0.1, -0.05) is 60.1 Å². The van der Waals surface area contributed by atoms with Gasteiger partial charge in [0, 0.05) is 13.5 Å². The van der Waals surface area contributed by atoms with E-state index in [0.29, 0.717) is 17.9 Å². The molecule has 0 atom stereocenters. The number of carbonyl (C=O) groups is 2. The minimum Gasteiger partial charge on any atom is -0.426 e. The molecule has 0 radical (unpaired) electrons. The van der Waals surface area contributed by atoms with E-state index in [1.165, 1.54) is 20.3 Å². The van der Waals surface area contributed by atoms with Crippen molar-refractivity contribution in [1.82, 2.24) is 5.32 Å². The number of rotatable bonds is 5. The zero-order valence-corrected chi connectivity index (χ0v) is 19.6. The molecule has 0 heterocycles. The fourth-order valence-electron chi connectivity index (χ4n) is 1.23. The quantitative estimate of drug-likeness (QED) is 0.314. The highest BCUT2D eigenvalue weighted by Gasteiger charge is 2.08. The van der Waals surface area contributed by atoms with E-state index < -0.39 is 16.1 Å². The first-order chi connectivity index (χ1) is 13.1. The summed E-state index contributed by atoms with van der Waals surface area (Å²) in [6.45, 7) is 15.3. The zero-order valence-electron chi connectivity index (χ0n) is 18.8. The molecule has 0 fully saturated rings. The SMILES string of the molecule is CC.CC.CC(=O)Oc1ccccc1C(C)=O.CCC.CNCCS(=O)(=O)O. The number of ketones is 1. The molecule has 0 aliphatic carbocycles. The summed E-state index contributed by atoms with van der Waals surface area (Å²) in [7, 11) is -2.13. The van der Waals surface area contributed by atoms with Gasteiger partial charge in [0.2, 0.25) is 0 Å². The number of Topliss-reactive ketones (excluding diaryl/α,β-unsaturated/α-hetero) is 1. The van der Waals surface area contributed by atoms with Gasteiger partial charge >= 0.3 is 5.97 Å². The van der Waals surface area contributed by atoms with E-state index >= 15 is 0 Å². The van der Waals surface area contributed by atoms with Crippen molar-refractivity contribution in [2.24, 2.45) is 0 Å². The molecule has 0 unspecified atom stereocenters. The number of esters is 1. The molecule has 0 spiro atoms. The maximum absolute atomic E-state index is 11.1. The lowest BCUT2D eigenvalue weighted by Gasteiger charge is -2.04. The summed E-state index contributed by atoms with van der Waals surface area (Å²) in [5.41, 5.74) is 0.428. The third-order valence-electron chi connectivity index (χ3n) is 2.13. The zero-order chi connectivity index (χ0) is 23.2. The smallest absolute Gasteiger partial charge is 0.308 e. The number of hydrogen-bond acceptors (Lipinski definition) is 6. The third kappa shape index (κ3) is 26.5. The van der Waals surface area contributed by atoms with E-state index in [-0.39, 0.29) is 11.5 Å². The molecular formula is C20H39NO6S. The molecule has 1 aromatic rings. The summed E-state index contributed by atoms with van der Waals surface area (Å²) in [5, 5.41) is 2.59. The first-order valence-corrected chi connectivity index (χ1v) is 11.1. The highest BCUT2D eigenvalue weighted by atomic mass is 32.2. The Morgan fingerprint density at radius 1 is 1.04 bits per heavy atom. The largest absolute Gasteiger partial charge is 0.426 e. The van der Waals surface area contributed by atoms with Crippen LogP contribution in [-0.2, 0) is 14.9 Å². The lowest BCUT2D eigenvalue weighted by molar-refractivity contribution is -0.131. The van der Waals surface area contributed by atoms with Crippen LogP contribution in [0.1, 0.15) is 72.2 Å². The van der Waals surface area contributed by atoms with Crippen molar-refractivity contribution in [1.29, 1.82) is 0 Å². The second-order valence-corrected chi connectivity index (χ2v) is 6.31. The van der Waals surface area contributed by atoms with Crippen LogP contribution >= 0.6 is 0 Å². The molecule has 0 bridgehead atoms. The Labute approximate surface area is 171 Å². The van der Waals surface area contributed by atoms with Gasteiger partial charge in [-0.25, -0.2) is 0 Å². The number of nitrogens with one attached hydrogen (secondary N) is 1. The summed E-state index contributed by atoms with van der Waals surface area (Å²) in [6.07, 6.45) is 1.25. The number of carbonyl (C=O) groups excluding carboxylic acids is 2. The molecule has 7 nitrogen and oxygen atoms in total. The summed E-state index contributed by atoms with van der Waals surface area (Å²) in [5.74, 6) is -0.434. The van der Waals surface area contributed by atoms with Gasteiger partial charge in [0.05, 0.1) is 11.3 Å². The van der Waals surface area contributed by atoms with Gasteiger partial charge in [-0.2, -0.15) is 8.42 Å². The first kappa shape index (κ1) is 33.8. The Balaban J connectivity index is -0.000000165. The Bertz CT molecular complexity index is 600. The summed E-state index contributed by atoms with van der Waals surface area (Å²) >= 11 is 0. The summed E-state index contributed by atoms with van der Waals surface area (Å²) in [4.78, 5) is 21.7. The van der Waals surface area contributed by atoms with Crippen LogP contribution in [-0.4, -0.2) is 44.1 Å². The van der Waals surface area contributed by atoms with Gasteiger partial charge in [-0.05, 0) is 26.1 Å². The fraction of sp³-hybridized carbons (Fsp3) is 0.600. The average Bonchev–Trinajstić information content (AvgIpc) is 2.64.